The van der Waals surface area contributed by atoms with Crippen molar-refractivity contribution in [3.8, 4) is 35.4 Å². The lowest BCUT2D eigenvalue weighted by atomic mass is 9.57. The number of phenols is 1. The number of piperazine rings is 1. The van der Waals surface area contributed by atoms with Gasteiger partial charge in [-0.2, -0.15) is 15.1 Å². The number of nitrogens with zero attached hydrogens (tertiary/aromatic N) is 8. The van der Waals surface area contributed by atoms with Gasteiger partial charge in [-0.1, -0.05) is 24.1 Å². The molecule has 3 amide bonds. The van der Waals surface area contributed by atoms with E-state index in [1.807, 2.05) is 11.7 Å². The van der Waals surface area contributed by atoms with Crippen LogP contribution in [0.1, 0.15) is 92.9 Å². The van der Waals surface area contributed by atoms with Crippen molar-refractivity contribution in [1.29, 1.82) is 0 Å². The predicted molar refractivity (Wildman–Crippen MR) is 265 cm³/mol. The molecule has 2 aliphatic carbocycles. The van der Waals surface area contributed by atoms with Crippen LogP contribution in [0.2, 0.25) is 0 Å². The number of aromatic nitrogens is 5. The highest BCUT2D eigenvalue weighted by molar-refractivity contribution is 6.04. The van der Waals surface area contributed by atoms with Gasteiger partial charge in [0.25, 0.3) is 0 Å². The van der Waals surface area contributed by atoms with Crippen molar-refractivity contribution in [2.24, 2.45) is 23.8 Å². The van der Waals surface area contributed by atoms with Crippen LogP contribution in [-0.2, 0) is 21.4 Å². The van der Waals surface area contributed by atoms with Crippen molar-refractivity contribution < 1.29 is 33.0 Å². The third-order valence-corrected chi connectivity index (χ3v) is 17.2. The number of phenolic OH excluding ortho intramolecular Hbond substituents is 1. The molecule has 72 heavy (non-hydrogen) atoms. The number of carbonyl (C=O) groups excluding carboxylic acids is 3. The Morgan fingerprint density at radius 2 is 1.75 bits per heavy atom. The van der Waals surface area contributed by atoms with Crippen LogP contribution in [0.3, 0.4) is 0 Å². The van der Waals surface area contributed by atoms with Crippen LogP contribution in [0, 0.1) is 40.7 Å². The fourth-order valence-corrected chi connectivity index (χ4v) is 13.3. The predicted octanol–water partition coefficient (Wildman–Crippen LogP) is 6.43. The van der Waals surface area contributed by atoms with Crippen LogP contribution < -0.4 is 20.3 Å². The summed E-state index contributed by atoms with van der Waals surface area (Å²) < 4.78 is 40.5. The van der Waals surface area contributed by atoms with Gasteiger partial charge in [-0.15, -0.1) is 6.42 Å². The number of piperidine rings is 2. The number of aryl methyl sites for hydroxylation is 1. The topological polar surface area (TPSA) is 171 Å². The highest BCUT2D eigenvalue weighted by Gasteiger charge is 2.57. The maximum absolute atomic E-state index is 17.1. The number of pyridine rings is 1. The van der Waals surface area contributed by atoms with E-state index in [1.54, 1.807) is 6.20 Å². The van der Waals surface area contributed by atoms with E-state index in [0.29, 0.717) is 60.7 Å². The summed E-state index contributed by atoms with van der Waals surface area (Å²) >= 11 is 0. The van der Waals surface area contributed by atoms with Crippen LogP contribution >= 0.6 is 0 Å². The molecule has 7 fully saturated rings. The first-order chi connectivity index (χ1) is 34.8. The molecule has 3 atom stereocenters. The van der Waals surface area contributed by atoms with Crippen LogP contribution in [0.25, 0.3) is 43.8 Å². The van der Waals surface area contributed by atoms with E-state index in [0.717, 1.165) is 95.0 Å². The molecule has 3 aromatic carbocycles. The minimum Gasteiger partial charge on any atom is -0.508 e. The second kappa shape index (κ2) is 16.9. The zero-order chi connectivity index (χ0) is 49.2. The summed E-state index contributed by atoms with van der Waals surface area (Å²) in [7, 11) is 1.90. The summed E-state index contributed by atoms with van der Waals surface area (Å²) in [6, 6.07) is 12.6. The Labute approximate surface area is 414 Å². The molecular formula is C55H56F2N10O5. The molecule has 17 heteroatoms. The first-order valence-electron chi connectivity index (χ1n) is 25.6. The van der Waals surface area contributed by atoms with E-state index in [-0.39, 0.29) is 86.0 Å². The Morgan fingerprint density at radius 3 is 2.49 bits per heavy atom. The number of amides is 3. The number of hydrogen-bond donors (Lipinski definition) is 3. The molecule has 6 aromatic rings. The molecular weight excluding hydrogens is 919 g/mol. The lowest BCUT2D eigenvalue weighted by Gasteiger charge is -2.60. The lowest BCUT2D eigenvalue weighted by Crippen LogP contribution is -2.65. The molecule has 13 rings (SSSR count). The summed E-state index contributed by atoms with van der Waals surface area (Å²) in [6.07, 6.45) is 15.8. The Bertz CT molecular complexity index is 3300. The van der Waals surface area contributed by atoms with Gasteiger partial charge >= 0.3 is 6.01 Å². The van der Waals surface area contributed by atoms with Gasteiger partial charge in [-0.25, -0.2) is 8.78 Å². The average Bonchev–Trinajstić information content (AvgIpc) is 3.94. The standard InChI is InChI=1S/C55H56F2N10O5/c1-3-37-42(56)10-5-32-18-36(68)20-40(45(32)37)48-46(57)49-41(23-58-48)50(67-24-34-6-7-35(25-67)59-34)62-53(61-49)72-29-54(14-15-54)26-65-27-55(28-65)21-33(22-55)52(71)66-16-12-30(13-17-66)31-4-8-38-43(19-31)64(2)63-47(38)39-9-11-44(69)60-51(39)70/h1,4-5,8,10,18-20,23,30,33-35,39,59,68H,6-7,9,11-17,21-22,24-29H2,2H3,(H,60,69,70). The summed E-state index contributed by atoms with van der Waals surface area (Å²) in [5.41, 5.74) is 3.04. The van der Waals surface area contributed by atoms with E-state index < -0.39 is 17.6 Å². The van der Waals surface area contributed by atoms with Crippen molar-refractivity contribution >= 4 is 56.1 Å². The molecule has 2 saturated carbocycles. The first-order valence-corrected chi connectivity index (χ1v) is 25.6. The smallest absolute Gasteiger partial charge is 0.319 e. The number of ether oxygens (including phenoxy) is 1. The number of anilines is 1. The minimum absolute atomic E-state index is 0.0279. The number of terminal acetylenes is 1. The largest absolute Gasteiger partial charge is 0.508 e. The number of halogens is 2. The van der Waals surface area contributed by atoms with Gasteiger partial charge in [0.2, 0.25) is 17.7 Å². The first kappa shape index (κ1) is 45.1. The summed E-state index contributed by atoms with van der Waals surface area (Å²) in [6.45, 7) is 6.03. The number of likely N-dealkylation sites (tertiary alicyclic amines) is 2. The number of nitrogens with one attached hydrogen (secondary N) is 2. The number of hydrogen-bond acceptors (Lipinski definition) is 12. The van der Waals surface area contributed by atoms with Crippen molar-refractivity contribution in [3.63, 3.8) is 0 Å². The maximum atomic E-state index is 17.1. The molecule has 5 aliphatic heterocycles. The Balaban J connectivity index is 0.650. The molecule has 3 N–H and O–H groups in total. The number of aromatic hydroxyl groups is 1. The number of fused-ring (bicyclic) bond motifs is 5. The van der Waals surface area contributed by atoms with Crippen LogP contribution in [0.5, 0.6) is 11.8 Å². The van der Waals surface area contributed by atoms with Crippen LogP contribution in [0.4, 0.5) is 14.6 Å². The van der Waals surface area contributed by atoms with Gasteiger partial charge in [0.05, 0.1) is 34.7 Å². The number of imide groups is 1. The van der Waals surface area contributed by atoms with E-state index >= 15 is 8.78 Å². The second-order valence-electron chi connectivity index (χ2n) is 22.1. The van der Waals surface area contributed by atoms with Crippen molar-refractivity contribution in [2.75, 3.05) is 57.3 Å². The molecule has 2 bridgehead atoms. The second-order valence-corrected chi connectivity index (χ2v) is 22.1. The molecule has 3 unspecified atom stereocenters. The lowest BCUT2D eigenvalue weighted by molar-refractivity contribution is -0.156. The van der Waals surface area contributed by atoms with Crippen LogP contribution in [-0.4, -0.2) is 122 Å². The minimum atomic E-state index is -0.740. The molecule has 15 nitrogen and oxygen atoms in total. The fourth-order valence-electron chi connectivity index (χ4n) is 13.3. The van der Waals surface area contributed by atoms with E-state index in [1.165, 1.54) is 29.8 Å². The zero-order valence-electron chi connectivity index (χ0n) is 40.2. The summed E-state index contributed by atoms with van der Waals surface area (Å²) in [5.74, 6) is 1.17. The van der Waals surface area contributed by atoms with Crippen molar-refractivity contribution in [2.45, 2.75) is 88.1 Å². The Morgan fingerprint density at radius 1 is 0.972 bits per heavy atom. The van der Waals surface area contributed by atoms with Crippen LogP contribution in [0.15, 0.2) is 48.7 Å². The number of carbonyl (C=O) groups is 3. The molecule has 1 spiro atoms. The molecule has 7 aliphatic rings. The molecule has 8 heterocycles. The SMILES string of the molecule is C#Cc1c(F)ccc2cc(O)cc(-c3ncc4c(N5CC6CCC(C5)N6)nc(OCC5(CN6CC7(CC(C(=O)N8CCC(c9ccc%10c(C%11CCC(=O)NC%11=O)nn(C)c%10c9)CC8)C7)C6)CC5)nc4c3F)c12. The third kappa shape index (κ3) is 7.71. The quantitative estimate of drug-likeness (QED) is 0.102. The van der Waals surface area contributed by atoms with Gasteiger partial charge < -0.3 is 29.9 Å². The van der Waals surface area contributed by atoms with E-state index in [9.17, 15) is 19.5 Å². The third-order valence-electron chi connectivity index (χ3n) is 17.2. The van der Waals surface area contributed by atoms with Gasteiger partial charge in [0.1, 0.15) is 28.6 Å². The summed E-state index contributed by atoms with van der Waals surface area (Å²) in [4.78, 5) is 59.2. The molecule has 0 radical (unpaired) electrons. The molecule has 5 saturated heterocycles. The van der Waals surface area contributed by atoms with E-state index in [4.69, 9.17) is 26.2 Å². The maximum Gasteiger partial charge on any atom is 0.319 e. The fraction of sp³-hybridized carbons (Fsp3) is 0.473. The average molecular weight is 975 g/mol. The highest BCUT2D eigenvalue weighted by Crippen LogP contribution is 2.55. The number of benzene rings is 3. The van der Waals surface area contributed by atoms with Gasteiger partial charge in [0, 0.05) is 105 Å². The highest BCUT2D eigenvalue weighted by atomic mass is 19.1. The van der Waals surface area contributed by atoms with Gasteiger partial charge in [0.15, 0.2) is 5.82 Å². The normalized spacial score (nSPS) is 23.9. The zero-order valence-corrected chi connectivity index (χ0v) is 40.2. The van der Waals surface area contributed by atoms with Crippen molar-refractivity contribution in [3.05, 3.63) is 77.1 Å². The number of rotatable bonds is 10. The molecule has 3 aromatic heterocycles. The summed E-state index contributed by atoms with van der Waals surface area (Å²) in [5, 5.41) is 23.6. The van der Waals surface area contributed by atoms with E-state index in [2.05, 4.69) is 54.4 Å². The molecule has 370 valence electrons. The monoisotopic (exact) mass is 974 g/mol. The van der Waals surface area contributed by atoms with Crippen molar-refractivity contribution in [1.82, 2.24) is 45.2 Å². The Kier molecular flexibility index (Phi) is 10.6. The van der Waals surface area contributed by atoms with Gasteiger partial charge in [-0.05, 0) is 104 Å². The van der Waals surface area contributed by atoms with Gasteiger partial charge in [-0.3, -0.25) is 29.4 Å². The Hall–Kier alpha value is -6.77.